The van der Waals surface area contributed by atoms with E-state index in [9.17, 15) is 9.59 Å². The highest BCUT2D eigenvalue weighted by Gasteiger charge is 2.41. The number of aryl methyl sites for hydroxylation is 3. The van der Waals surface area contributed by atoms with Crippen LogP contribution in [-0.2, 0) is 4.79 Å². The molecule has 0 spiro atoms. The summed E-state index contributed by atoms with van der Waals surface area (Å²) in [5.41, 5.74) is 2.77. The van der Waals surface area contributed by atoms with E-state index in [2.05, 4.69) is 36.1 Å². The van der Waals surface area contributed by atoms with E-state index in [0.717, 1.165) is 57.1 Å². The van der Waals surface area contributed by atoms with E-state index in [1.807, 2.05) is 6.92 Å². The predicted octanol–water partition coefficient (Wildman–Crippen LogP) is 5.43. The molecule has 2 amide bonds. The molecule has 214 valence electrons. The van der Waals surface area contributed by atoms with E-state index in [1.165, 1.54) is 12.8 Å². The number of anilines is 1. The van der Waals surface area contributed by atoms with E-state index < -0.39 is 23.8 Å². The molecular formula is C29H38FN7O3. The number of halogens is 1. The fourth-order valence-electron chi connectivity index (χ4n) is 6.79. The quantitative estimate of drug-likeness (QED) is 0.317. The predicted molar refractivity (Wildman–Crippen MR) is 147 cm³/mol. The number of hydrogen-bond acceptors (Lipinski definition) is 7. The zero-order valence-electron chi connectivity index (χ0n) is 23.4. The summed E-state index contributed by atoms with van der Waals surface area (Å²) in [6.07, 6.45) is 10.9. The molecule has 0 aliphatic heterocycles. The molecular weight excluding hydrogens is 513 g/mol. The van der Waals surface area contributed by atoms with Gasteiger partial charge in [-0.1, -0.05) is 69.4 Å². The molecule has 2 saturated carbocycles. The van der Waals surface area contributed by atoms with Gasteiger partial charge in [-0.25, -0.2) is 9.61 Å². The number of nitrogens with one attached hydrogen (secondary N) is 3. The van der Waals surface area contributed by atoms with Gasteiger partial charge in [0.15, 0.2) is 5.69 Å². The van der Waals surface area contributed by atoms with Crippen LogP contribution < -0.4 is 10.6 Å². The summed E-state index contributed by atoms with van der Waals surface area (Å²) < 4.78 is 20.0. The van der Waals surface area contributed by atoms with Gasteiger partial charge in [-0.15, -0.1) is 0 Å². The Morgan fingerprint density at radius 2 is 1.60 bits per heavy atom. The van der Waals surface area contributed by atoms with Crippen LogP contribution in [0.4, 0.5) is 10.2 Å². The number of H-pyrrole nitrogens is 1. The van der Waals surface area contributed by atoms with Crippen LogP contribution in [0.2, 0.25) is 0 Å². The maximum absolute atomic E-state index is 15.2. The van der Waals surface area contributed by atoms with E-state index in [0.29, 0.717) is 34.4 Å². The number of hydrogen-bond donors (Lipinski definition) is 3. The number of carbonyl (C=O) groups excluding carboxylic acids is 2. The summed E-state index contributed by atoms with van der Waals surface area (Å²) in [5.74, 6) is -0.951. The maximum atomic E-state index is 15.2. The lowest BCUT2D eigenvalue weighted by molar-refractivity contribution is -0.121. The zero-order chi connectivity index (χ0) is 28.2. The minimum atomic E-state index is -0.835. The van der Waals surface area contributed by atoms with Gasteiger partial charge in [0.25, 0.3) is 5.91 Å². The Hall–Kier alpha value is -3.63. The fraction of sp³-hybridized carbons (Fsp3) is 0.586. The Labute approximate surface area is 233 Å². The normalized spacial score (nSPS) is 17.6. The molecule has 0 bridgehead atoms. The van der Waals surface area contributed by atoms with Crippen molar-refractivity contribution in [3.63, 3.8) is 0 Å². The summed E-state index contributed by atoms with van der Waals surface area (Å²) in [6, 6.07) is 2.35. The second-order valence-corrected chi connectivity index (χ2v) is 11.4. The molecule has 10 nitrogen and oxygen atoms in total. The summed E-state index contributed by atoms with van der Waals surface area (Å²) >= 11 is 0. The van der Waals surface area contributed by atoms with Gasteiger partial charge < -0.3 is 10.6 Å². The first-order valence-electron chi connectivity index (χ1n) is 14.4. The standard InChI is InChI=1S/C29H38FN7O3/c1-16-23(17(2)35-34-16)21-14-15-22(31-27(21)30)32-29(39)26(33-28(38)25-18(3)36-40-37-25)24(19-10-6-4-7-11-19)20-12-8-5-9-13-20/h14-15,19-20,24,26H,4-13H2,1-3H3,(H,33,38)(H,34,35)(H,31,32,39)/t26-/m0/s1. The second-order valence-electron chi connectivity index (χ2n) is 11.4. The number of aromatic nitrogens is 5. The molecule has 3 N–H and O–H groups in total. The topological polar surface area (TPSA) is 139 Å². The number of nitrogens with zero attached hydrogens (tertiary/aromatic N) is 4. The molecule has 1 atom stereocenters. The van der Waals surface area contributed by atoms with Gasteiger partial charge in [0.1, 0.15) is 17.6 Å². The molecule has 2 aliphatic rings. The Morgan fingerprint density at radius 3 is 2.12 bits per heavy atom. The maximum Gasteiger partial charge on any atom is 0.276 e. The third kappa shape index (κ3) is 5.93. The van der Waals surface area contributed by atoms with Crippen molar-refractivity contribution in [3.05, 3.63) is 40.9 Å². The van der Waals surface area contributed by atoms with Gasteiger partial charge in [-0.05, 0) is 55.8 Å². The first-order valence-corrected chi connectivity index (χ1v) is 14.4. The lowest BCUT2D eigenvalue weighted by atomic mass is 9.66. The molecule has 11 heteroatoms. The van der Waals surface area contributed by atoms with Gasteiger partial charge in [-0.3, -0.25) is 14.7 Å². The second kappa shape index (κ2) is 12.3. The monoisotopic (exact) mass is 551 g/mol. The van der Waals surface area contributed by atoms with Crippen molar-refractivity contribution in [2.75, 3.05) is 5.32 Å². The van der Waals surface area contributed by atoms with Crippen molar-refractivity contribution in [1.82, 2.24) is 30.8 Å². The van der Waals surface area contributed by atoms with Crippen molar-refractivity contribution >= 4 is 17.6 Å². The minimum Gasteiger partial charge on any atom is -0.338 e. The largest absolute Gasteiger partial charge is 0.338 e. The number of aromatic amines is 1. The molecule has 0 saturated heterocycles. The molecule has 2 fully saturated rings. The third-order valence-corrected chi connectivity index (χ3v) is 8.71. The fourth-order valence-corrected chi connectivity index (χ4v) is 6.79. The van der Waals surface area contributed by atoms with Crippen LogP contribution in [0.15, 0.2) is 16.8 Å². The van der Waals surface area contributed by atoms with E-state index in [4.69, 9.17) is 4.63 Å². The van der Waals surface area contributed by atoms with Crippen LogP contribution in [0, 0.1) is 44.5 Å². The average molecular weight is 552 g/mol. The minimum absolute atomic E-state index is 0.0509. The van der Waals surface area contributed by atoms with Crippen LogP contribution >= 0.6 is 0 Å². The smallest absolute Gasteiger partial charge is 0.276 e. The van der Waals surface area contributed by atoms with Crippen molar-refractivity contribution in [2.24, 2.45) is 17.8 Å². The summed E-state index contributed by atoms with van der Waals surface area (Å²) in [7, 11) is 0. The van der Waals surface area contributed by atoms with Gasteiger partial charge in [-0.2, -0.15) is 9.49 Å². The first-order chi connectivity index (χ1) is 19.3. The number of pyridine rings is 1. The molecule has 2 aliphatic carbocycles. The zero-order valence-corrected chi connectivity index (χ0v) is 23.4. The van der Waals surface area contributed by atoms with Crippen LogP contribution in [0.5, 0.6) is 0 Å². The Balaban J connectivity index is 1.45. The Bertz CT molecular complexity index is 1300. The van der Waals surface area contributed by atoms with Gasteiger partial charge in [0.05, 0.1) is 5.69 Å². The summed E-state index contributed by atoms with van der Waals surface area (Å²) in [4.78, 5) is 31.4. The highest BCUT2D eigenvalue weighted by molar-refractivity contribution is 6.00. The van der Waals surface area contributed by atoms with Crippen molar-refractivity contribution < 1.29 is 18.6 Å². The number of amides is 2. The van der Waals surface area contributed by atoms with Crippen LogP contribution in [0.3, 0.4) is 0 Å². The molecule has 0 radical (unpaired) electrons. The lowest BCUT2D eigenvalue weighted by Crippen LogP contribution is -2.53. The highest BCUT2D eigenvalue weighted by atomic mass is 19.1. The van der Waals surface area contributed by atoms with E-state index >= 15 is 4.39 Å². The first kappa shape index (κ1) is 27.9. The molecule has 3 aromatic rings. The molecule has 0 unspecified atom stereocenters. The van der Waals surface area contributed by atoms with Crippen molar-refractivity contribution in [1.29, 1.82) is 0 Å². The van der Waals surface area contributed by atoms with Crippen molar-refractivity contribution in [3.8, 4) is 11.1 Å². The van der Waals surface area contributed by atoms with Gasteiger partial charge in [0.2, 0.25) is 11.9 Å². The number of carbonyl (C=O) groups is 2. The number of rotatable bonds is 8. The summed E-state index contributed by atoms with van der Waals surface area (Å²) in [5, 5.41) is 20.3. The van der Waals surface area contributed by atoms with Gasteiger partial charge >= 0.3 is 0 Å². The molecule has 5 rings (SSSR count). The highest BCUT2D eigenvalue weighted by Crippen LogP contribution is 2.42. The third-order valence-electron chi connectivity index (χ3n) is 8.71. The van der Waals surface area contributed by atoms with Crippen LogP contribution in [-0.4, -0.2) is 43.4 Å². The van der Waals surface area contributed by atoms with Gasteiger partial charge in [0, 0.05) is 16.8 Å². The summed E-state index contributed by atoms with van der Waals surface area (Å²) in [6.45, 7) is 5.25. The molecule has 40 heavy (non-hydrogen) atoms. The van der Waals surface area contributed by atoms with Crippen molar-refractivity contribution in [2.45, 2.75) is 91.0 Å². The molecule has 0 aromatic carbocycles. The SMILES string of the molecule is Cc1nonc1C(=O)N[C@H](C(=O)Nc1ccc(-c2c(C)n[nH]c2C)c(F)n1)C(C1CCCCC1)C1CCCCC1. The Kier molecular flexibility index (Phi) is 8.56. The van der Waals surface area contributed by atoms with E-state index in [1.54, 1.807) is 26.0 Å². The molecule has 3 heterocycles. The van der Waals surface area contributed by atoms with E-state index in [-0.39, 0.29) is 17.4 Å². The average Bonchev–Trinajstić information content (AvgIpc) is 3.54. The van der Waals surface area contributed by atoms with Crippen LogP contribution in [0.25, 0.3) is 11.1 Å². The lowest BCUT2D eigenvalue weighted by Gasteiger charge is -2.41. The Morgan fingerprint density at radius 1 is 0.950 bits per heavy atom. The van der Waals surface area contributed by atoms with Crippen LogP contribution in [0.1, 0.15) is 91.8 Å². The molecule has 3 aromatic heterocycles.